The fourth-order valence-electron chi connectivity index (χ4n) is 1.88. The summed E-state index contributed by atoms with van der Waals surface area (Å²) in [5, 5.41) is 3.05. The number of anilines is 1. The molecule has 0 amide bonds. The third kappa shape index (κ3) is 4.27. The van der Waals surface area contributed by atoms with Crippen molar-refractivity contribution in [3.05, 3.63) is 24.0 Å². The highest BCUT2D eigenvalue weighted by molar-refractivity contribution is 5.48. The summed E-state index contributed by atoms with van der Waals surface area (Å²) in [5.74, 6) is -1.88. The minimum atomic E-state index is -4.89. The molecule has 2 rings (SSSR count). The normalized spacial score (nSPS) is 17.3. The van der Waals surface area contributed by atoms with E-state index in [1.54, 1.807) is 0 Å². The molecule has 1 saturated heterocycles. The van der Waals surface area contributed by atoms with Crippen LogP contribution in [0.1, 0.15) is 12.8 Å². The van der Waals surface area contributed by atoms with E-state index in [0.717, 1.165) is 25.0 Å². The Morgan fingerprint density at radius 3 is 2.47 bits per heavy atom. The van der Waals surface area contributed by atoms with E-state index in [-0.39, 0.29) is 6.04 Å². The van der Waals surface area contributed by atoms with E-state index in [4.69, 9.17) is 4.74 Å². The van der Waals surface area contributed by atoms with Gasteiger partial charge in [0, 0.05) is 31.0 Å². The molecule has 7 heteroatoms. The van der Waals surface area contributed by atoms with Crippen LogP contribution in [-0.4, -0.2) is 25.6 Å². The molecule has 1 aliphatic rings. The van der Waals surface area contributed by atoms with Gasteiger partial charge in [0.15, 0.2) is 11.6 Å². The van der Waals surface area contributed by atoms with Crippen molar-refractivity contribution in [1.29, 1.82) is 0 Å². The molecule has 0 unspecified atom stereocenters. The van der Waals surface area contributed by atoms with Gasteiger partial charge in [-0.1, -0.05) is 0 Å². The second kappa shape index (κ2) is 5.64. The Balaban J connectivity index is 2.01. The van der Waals surface area contributed by atoms with E-state index >= 15 is 0 Å². The van der Waals surface area contributed by atoms with Crippen LogP contribution in [0.15, 0.2) is 18.2 Å². The Hall–Kier alpha value is -1.50. The monoisotopic (exact) mass is 279 g/mol. The van der Waals surface area contributed by atoms with Crippen LogP contribution >= 0.6 is 0 Å². The lowest BCUT2D eigenvalue weighted by Crippen LogP contribution is -2.27. The van der Waals surface area contributed by atoms with Gasteiger partial charge in [-0.15, -0.1) is 13.2 Å². The van der Waals surface area contributed by atoms with Crippen molar-refractivity contribution in [2.45, 2.75) is 25.2 Å². The van der Waals surface area contributed by atoms with Crippen LogP contribution in [0.25, 0.3) is 0 Å². The van der Waals surface area contributed by atoms with Crippen LogP contribution in [-0.2, 0) is 4.74 Å². The van der Waals surface area contributed by atoms with Gasteiger partial charge in [0.25, 0.3) is 0 Å². The lowest BCUT2D eigenvalue weighted by atomic mass is 10.1. The highest BCUT2D eigenvalue weighted by Gasteiger charge is 2.32. The summed E-state index contributed by atoms with van der Waals surface area (Å²) in [6.07, 6.45) is -3.33. The molecule has 0 atom stereocenters. The van der Waals surface area contributed by atoms with Crippen molar-refractivity contribution < 1.29 is 27.0 Å². The van der Waals surface area contributed by atoms with Gasteiger partial charge < -0.3 is 14.8 Å². The predicted octanol–water partition coefficient (Wildman–Crippen LogP) is 3.32. The molecule has 0 aromatic heterocycles. The number of hydrogen-bond donors (Lipinski definition) is 1. The van der Waals surface area contributed by atoms with E-state index in [1.807, 2.05) is 0 Å². The van der Waals surface area contributed by atoms with Gasteiger partial charge in [-0.2, -0.15) is 0 Å². The topological polar surface area (TPSA) is 30.5 Å². The van der Waals surface area contributed by atoms with Crippen molar-refractivity contribution in [1.82, 2.24) is 0 Å². The molecule has 1 fully saturated rings. The number of hydrogen-bond acceptors (Lipinski definition) is 3. The summed E-state index contributed by atoms with van der Waals surface area (Å²) in [4.78, 5) is 0. The lowest BCUT2D eigenvalue weighted by Gasteiger charge is -2.24. The number of rotatable bonds is 3. The lowest BCUT2D eigenvalue weighted by molar-refractivity contribution is -0.275. The SMILES string of the molecule is Fc1cc(NC2CCOCC2)ccc1OC(F)(F)F. The second-order valence-corrected chi connectivity index (χ2v) is 4.22. The Bertz CT molecular complexity index is 430. The number of halogens is 4. The molecule has 0 spiro atoms. The van der Waals surface area contributed by atoms with Gasteiger partial charge in [0.05, 0.1) is 0 Å². The van der Waals surface area contributed by atoms with E-state index < -0.39 is 17.9 Å². The quantitative estimate of drug-likeness (QED) is 0.861. The molecular weight excluding hydrogens is 266 g/mol. The number of alkyl halides is 3. The maximum absolute atomic E-state index is 13.4. The minimum absolute atomic E-state index is 0.141. The first-order valence-corrected chi connectivity index (χ1v) is 5.83. The summed E-state index contributed by atoms with van der Waals surface area (Å²) >= 11 is 0. The van der Waals surface area contributed by atoms with Crippen molar-refractivity contribution in [3.63, 3.8) is 0 Å². The molecule has 0 bridgehead atoms. The molecule has 1 N–H and O–H groups in total. The van der Waals surface area contributed by atoms with Crippen LogP contribution < -0.4 is 10.1 Å². The average molecular weight is 279 g/mol. The molecule has 0 aliphatic carbocycles. The van der Waals surface area contributed by atoms with E-state index in [9.17, 15) is 17.6 Å². The summed E-state index contributed by atoms with van der Waals surface area (Å²) in [6.45, 7) is 1.24. The van der Waals surface area contributed by atoms with Crippen LogP contribution in [0, 0.1) is 5.82 Å². The number of benzene rings is 1. The summed E-state index contributed by atoms with van der Waals surface area (Å²) in [6, 6.07) is 3.46. The number of ether oxygens (including phenoxy) is 2. The summed E-state index contributed by atoms with van der Waals surface area (Å²) in [7, 11) is 0. The smallest absolute Gasteiger partial charge is 0.403 e. The van der Waals surface area contributed by atoms with Crippen molar-refractivity contribution in [2.24, 2.45) is 0 Å². The molecule has 0 saturated carbocycles. The van der Waals surface area contributed by atoms with Crippen molar-refractivity contribution >= 4 is 5.69 Å². The Morgan fingerprint density at radius 1 is 1.21 bits per heavy atom. The third-order valence-electron chi connectivity index (χ3n) is 2.75. The predicted molar refractivity (Wildman–Crippen MR) is 60.5 cm³/mol. The Kier molecular flexibility index (Phi) is 4.14. The van der Waals surface area contributed by atoms with Gasteiger partial charge >= 0.3 is 6.36 Å². The van der Waals surface area contributed by atoms with Crippen LogP contribution in [0.2, 0.25) is 0 Å². The first kappa shape index (κ1) is 13.9. The zero-order chi connectivity index (χ0) is 13.9. The highest BCUT2D eigenvalue weighted by Crippen LogP contribution is 2.28. The van der Waals surface area contributed by atoms with Crippen molar-refractivity contribution in [2.75, 3.05) is 18.5 Å². The maximum atomic E-state index is 13.4. The summed E-state index contributed by atoms with van der Waals surface area (Å²) < 4.78 is 58.1. The largest absolute Gasteiger partial charge is 0.573 e. The second-order valence-electron chi connectivity index (χ2n) is 4.22. The van der Waals surface area contributed by atoms with Gasteiger partial charge in [0.2, 0.25) is 0 Å². The molecule has 1 heterocycles. The molecule has 19 heavy (non-hydrogen) atoms. The fraction of sp³-hybridized carbons (Fsp3) is 0.500. The fourth-order valence-corrected chi connectivity index (χ4v) is 1.88. The first-order chi connectivity index (χ1) is 8.94. The third-order valence-corrected chi connectivity index (χ3v) is 2.75. The van der Waals surface area contributed by atoms with Crippen LogP contribution in [0.4, 0.5) is 23.2 Å². The van der Waals surface area contributed by atoms with Crippen LogP contribution in [0.5, 0.6) is 5.75 Å². The first-order valence-electron chi connectivity index (χ1n) is 5.83. The Morgan fingerprint density at radius 2 is 1.89 bits per heavy atom. The van der Waals surface area contributed by atoms with Gasteiger partial charge in [-0.25, -0.2) is 4.39 Å². The molecule has 1 aromatic rings. The molecule has 0 radical (unpaired) electrons. The van der Waals surface area contributed by atoms with Gasteiger partial charge in [-0.05, 0) is 25.0 Å². The highest BCUT2D eigenvalue weighted by atomic mass is 19.4. The molecule has 1 aliphatic heterocycles. The zero-order valence-electron chi connectivity index (χ0n) is 9.97. The standard InChI is InChI=1S/C12H13F4NO2/c13-10-7-9(17-8-3-5-18-6-4-8)1-2-11(10)19-12(14,15)16/h1-2,7-8,17H,3-6H2. The van der Waals surface area contributed by atoms with Gasteiger partial charge in [-0.3, -0.25) is 0 Å². The van der Waals surface area contributed by atoms with Crippen LogP contribution in [0.3, 0.4) is 0 Å². The van der Waals surface area contributed by atoms with Gasteiger partial charge in [0.1, 0.15) is 0 Å². The zero-order valence-corrected chi connectivity index (χ0v) is 9.97. The summed E-state index contributed by atoms with van der Waals surface area (Å²) in [5.41, 5.74) is 0.430. The molecular formula is C12H13F4NO2. The van der Waals surface area contributed by atoms with E-state index in [0.29, 0.717) is 18.9 Å². The van der Waals surface area contributed by atoms with E-state index in [1.165, 1.54) is 6.07 Å². The number of nitrogens with one attached hydrogen (secondary N) is 1. The minimum Gasteiger partial charge on any atom is -0.403 e. The Labute approximate surface area is 107 Å². The average Bonchev–Trinajstić information content (AvgIpc) is 2.33. The van der Waals surface area contributed by atoms with Crippen molar-refractivity contribution in [3.8, 4) is 5.75 Å². The molecule has 106 valence electrons. The maximum Gasteiger partial charge on any atom is 0.573 e. The van der Waals surface area contributed by atoms with E-state index in [2.05, 4.69) is 10.1 Å². The molecule has 3 nitrogen and oxygen atoms in total. The molecule has 1 aromatic carbocycles.